The van der Waals surface area contributed by atoms with Gasteiger partial charge in [0, 0.05) is 23.3 Å². The van der Waals surface area contributed by atoms with E-state index in [1.807, 2.05) is 4.90 Å². The molecule has 134 valence electrons. The van der Waals surface area contributed by atoms with Gasteiger partial charge in [-0.2, -0.15) is 0 Å². The Morgan fingerprint density at radius 1 is 1.12 bits per heavy atom. The monoisotopic (exact) mass is 461 g/mol. The van der Waals surface area contributed by atoms with Gasteiger partial charge in [-0.1, -0.05) is 37.9 Å². The molecule has 0 radical (unpaired) electrons. The van der Waals surface area contributed by atoms with Crippen LogP contribution in [0.5, 0.6) is 0 Å². The molecular weight excluding hydrogens is 436 g/mol. The number of likely N-dealkylation sites (N-methyl/N-ethyl adjacent to an activating group) is 1. The van der Waals surface area contributed by atoms with Crippen LogP contribution in [-0.4, -0.2) is 61.7 Å². The lowest BCUT2D eigenvalue weighted by Gasteiger charge is -2.44. The first kappa shape index (κ1) is 19.9. The third-order valence-corrected chi connectivity index (χ3v) is 6.21. The molecule has 1 amide bonds. The summed E-state index contributed by atoms with van der Waals surface area (Å²) in [6, 6.07) is 6.85. The molecule has 1 aromatic carbocycles. The van der Waals surface area contributed by atoms with Gasteiger partial charge < -0.3 is 14.1 Å². The van der Waals surface area contributed by atoms with Crippen LogP contribution in [0.2, 0.25) is 0 Å². The van der Waals surface area contributed by atoms with Crippen LogP contribution in [0.4, 0.5) is 0 Å². The molecule has 0 aromatic heterocycles. The van der Waals surface area contributed by atoms with Crippen molar-refractivity contribution in [3.05, 3.63) is 34.9 Å². The van der Waals surface area contributed by atoms with Gasteiger partial charge in [0.1, 0.15) is 13.2 Å². The average Bonchev–Trinajstić information content (AvgIpc) is 2.62. The number of ether oxygens (including phenoxy) is 1. The van der Waals surface area contributed by atoms with Gasteiger partial charge in [0.25, 0.3) is 0 Å². The van der Waals surface area contributed by atoms with Crippen molar-refractivity contribution in [1.82, 2.24) is 4.90 Å². The lowest BCUT2D eigenvalue weighted by molar-refractivity contribution is -0.942. The topological polar surface area (TPSA) is 29.5 Å². The fraction of sp³-hybridized carbons (Fsp3) is 0.611. The highest BCUT2D eigenvalue weighted by molar-refractivity contribution is 9.08. The summed E-state index contributed by atoms with van der Waals surface area (Å²) in [6.07, 6.45) is 0. The molecule has 1 aromatic rings. The SMILES string of the molecule is CC[N+]1(Cc2cc(CBr)cc(CBr)c2)CCN(C(=O)COC)CC1. The van der Waals surface area contributed by atoms with Crippen molar-refractivity contribution in [1.29, 1.82) is 0 Å². The van der Waals surface area contributed by atoms with Gasteiger partial charge in [-0.05, 0) is 30.2 Å². The first-order valence-electron chi connectivity index (χ1n) is 8.41. The van der Waals surface area contributed by atoms with Gasteiger partial charge in [0.15, 0.2) is 0 Å². The zero-order valence-electron chi connectivity index (χ0n) is 14.6. The predicted molar refractivity (Wildman–Crippen MR) is 104 cm³/mol. The number of rotatable bonds is 7. The molecule has 6 heteroatoms. The van der Waals surface area contributed by atoms with Crippen LogP contribution in [0, 0.1) is 0 Å². The van der Waals surface area contributed by atoms with Crippen LogP contribution < -0.4 is 0 Å². The second kappa shape index (κ2) is 9.32. The van der Waals surface area contributed by atoms with Crippen molar-refractivity contribution in [3.63, 3.8) is 0 Å². The molecule has 0 unspecified atom stereocenters. The van der Waals surface area contributed by atoms with E-state index in [1.54, 1.807) is 7.11 Å². The lowest BCUT2D eigenvalue weighted by atomic mass is 10.1. The van der Waals surface area contributed by atoms with E-state index in [0.29, 0.717) is 0 Å². The van der Waals surface area contributed by atoms with Gasteiger partial charge >= 0.3 is 0 Å². The number of hydrogen-bond donors (Lipinski definition) is 0. The van der Waals surface area contributed by atoms with E-state index in [1.165, 1.54) is 16.7 Å². The largest absolute Gasteiger partial charge is 0.375 e. The summed E-state index contributed by atoms with van der Waals surface area (Å²) >= 11 is 7.15. The summed E-state index contributed by atoms with van der Waals surface area (Å²) < 4.78 is 6.02. The Balaban J connectivity index is 2.08. The summed E-state index contributed by atoms with van der Waals surface area (Å²) in [5.41, 5.74) is 4.04. The Hall–Kier alpha value is -0.430. The zero-order chi connectivity index (χ0) is 17.6. The second-order valence-electron chi connectivity index (χ2n) is 6.50. The Kier molecular flexibility index (Phi) is 7.72. The summed E-state index contributed by atoms with van der Waals surface area (Å²) in [5.74, 6) is 0.106. The zero-order valence-corrected chi connectivity index (χ0v) is 17.7. The van der Waals surface area contributed by atoms with Crippen LogP contribution in [0.3, 0.4) is 0 Å². The molecule has 1 fully saturated rings. The molecule has 1 heterocycles. The highest BCUT2D eigenvalue weighted by atomic mass is 79.9. The van der Waals surface area contributed by atoms with Crippen molar-refractivity contribution in [2.45, 2.75) is 24.1 Å². The van der Waals surface area contributed by atoms with Gasteiger partial charge in [-0.15, -0.1) is 0 Å². The van der Waals surface area contributed by atoms with E-state index >= 15 is 0 Å². The number of hydrogen-bond acceptors (Lipinski definition) is 2. The maximum absolute atomic E-state index is 12.0. The quantitative estimate of drug-likeness (QED) is 0.459. The van der Waals surface area contributed by atoms with Crippen LogP contribution in [0.1, 0.15) is 23.6 Å². The summed E-state index contributed by atoms with van der Waals surface area (Å²) in [6.45, 7) is 8.22. The molecule has 1 aliphatic rings. The minimum Gasteiger partial charge on any atom is -0.375 e. The van der Waals surface area contributed by atoms with Crippen molar-refractivity contribution in [3.8, 4) is 0 Å². The molecule has 0 saturated carbocycles. The first-order chi connectivity index (χ1) is 11.6. The molecular formula is C18H27Br2N2O2+. The maximum atomic E-state index is 12.0. The molecule has 0 N–H and O–H groups in total. The normalized spacial score (nSPS) is 17.1. The van der Waals surface area contributed by atoms with Crippen molar-refractivity contribution in [2.24, 2.45) is 0 Å². The number of quaternary nitrogens is 1. The van der Waals surface area contributed by atoms with Crippen LogP contribution in [-0.2, 0) is 26.7 Å². The predicted octanol–water partition coefficient (Wildman–Crippen LogP) is 3.30. The molecule has 0 atom stereocenters. The van der Waals surface area contributed by atoms with Crippen LogP contribution in [0.15, 0.2) is 18.2 Å². The maximum Gasteiger partial charge on any atom is 0.248 e. The smallest absolute Gasteiger partial charge is 0.248 e. The summed E-state index contributed by atoms with van der Waals surface area (Å²) in [5, 5.41) is 1.76. The number of alkyl halides is 2. The molecule has 24 heavy (non-hydrogen) atoms. The molecule has 2 rings (SSSR count). The van der Waals surface area contributed by atoms with E-state index in [0.717, 1.165) is 54.4 Å². The number of benzene rings is 1. The fourth-order valence-electron chi connectivity index (χ4n) is 3.41. The number of halogens is 2. The van der Waals surface area contributed by atoms with Gasteiger partial charge in [-0.3, -0.25) is 4.79 Å². The number of carbonyl (C=O) groups is 1. The standard InChI is InChI=1S/C18H27Br2N2O2/c1-3-22(6-4-21(5-7-22)18(23)14-24-2)13-17-9-15(11-19)8-16(10-17)12-20/h8-10H,3-7,11-14H2,1-2H3/q+1. The van der Waals surface area contributed by atoms with E-state index in [-0.39, 0.29) is 12.5 Å². The lowest BCUT2D eigenvalue weighted by Crippen LogP contribution is -2.60. The van der Waals surface area contributed by atoms with Crippen molar-refractivity contribution >= 4 is 37.8 Å². The minimum atomic E-state index is 0.106. The van der Waals surface area contributed by atoms with Gasteiger partial charge in [0.05, 0.1) is 32.7 Å². The number of methoxy groups -OCH3 is 1. The number of nitrogens with zero attached hydrogens (tertiary/aromatic N) is 2. The van der Waals surface area contributed by atoms with E-state index in [2.05, 4.69) is 57.0 Å². The van der Waals surface area contributed by atoms with Crippen LogP contribution in [0.25, 0.3) is 0 Å². The van der Waals surface area contributed by atoms with Crippen molar-refractivity contribution < 1.29 is 14.0 Å². The van der Waals surface area contributed by atoms with E-state index in [9.17, 15) is 4.79 Å². The molecule has 1 saturated heterocycles. The van der Waals surface area contributed by atoms with E-state index in [4.69, 9.17) is 4.74 Å². The minimum absolute atomic E-state index is 0.106. The fourth-order valence-corrected chi connectivity index (χ4v) is 4.06. The molecule has 0 spiro atoms. The average molecular weight is 463 g/mol. The number of carbonyl (C=O) groups excluding carboxylic acids is 1. The van der Waals surface area contributed by atoms with Crippen molar-refractivity contribution in [2.75, 3.05) is 46.4 Å². The highest BCUT2D eigenvalue weighted by Gasteiger charge is 2.33. The molecule has 4 nitrogen and oxygen atoms in total. The molecule has 0 bridgehead atoms. The second-order valence-corrected chi connectivity index (χ2v) is 7.62. The van der Waals surface area contributed by atoms with E-state index < -0.39 is 0 Å². The summed E-state index contributed by atoms with van der Waals surface area (Å²) in [4.78, 5) is 13.9. The Bertz CT molecular complexity index is 536. The third-order valence-electron chi connectivity index (χ3n) is 4.92. The first-order valence-corrected chi connectivity index (χ1v) is 10.7. The molecule has 0 aliphatic carbocycles. The summed E-state index contributed by atoms with van der Waals surface area (Å²) in [7, 11) is 1.58. The van der Waals surface area contributed by atoms with Gasteiger partial charge in [-0.25, -0.2) is 0 Å². The van der Waals surface area contributed by atoms with Gasteiger partial charge in [0.2, 0.25) is 5.91 Å². The Morgan fingerprint density at radius 2 is 1.67 bits per heavy atom. The highest BCUT2D eigenvalue weighted by Crippen LogP contribution is 2.22. The Morgan fingerprint density at radius 3 is 2.12 bits per heavy atom. The molecule has 1 aliphatic heterocycles. The Labute approximate surface area is 162 Å². The number of amides is 1. The van der Waals surface area contributed by atoms with Crippen LogP contribution >= 0.6 is 31.9 Å². The number of piperazine rings is 1. The third kappa shape index (κ3) is 5.04.